The number of hydrogen-bond donors (Lipinski definition) is 0. The van der Waals surface area contributed by atoms with E-state index in [2.05, 4.69) is 22.1 Å². The van der Waals surface area contributed by atoms with Gasteiger partial charge in [0.25, 0.3) is 0 Å². The van der Waals surface area contributed by atoms with Gasteiger partial charge < -0.3 is 4.74 Å². The van der Waals surface area contributed by atoms with Crippen LogP contribution in [0.15, 0.2) is 47.6 Å². The lowest BCUT2D eigenvalue weighted by atomic mass is 10.1. The van der Waals surface area contributed by atoms with Crippen molar-refractivity contribution in [1.29, 1.82) is 0 Å². The number of halogens is 2. The maximum atomic E-state index is 15.0. The van der Waals surface area contributed by atoms with Gasteiger partial charge in [-0.2, -0.15) is 4.98 Å². The molecular weight excluding hydrogens is 439 g/mol. The highest BCUT2D eigenvalue weighted by Gasteiger charge is 2.37. The predicted octanol–water partition coefficient (Wildman–Crippen LogP) is 5.67. The number of ether oxygens (including phenoxy) is 1. The minimum atomic E-state index is -1.15. The first kappa shape index (κ1) is 21.5. The summed E-state index contributed by atoms with van der Waals surface area (Å²) >= 11 is 7.82. The van der Waals surface area contributed by atoms with Crippen LogP contribution < -0.4 is 9.64 Å². The number of benzene rings is 2. The van der Waals surface area contributed by atoms with E-state index in [0.29, 0.717) is 22.1 Å². The number of hydrogen-bond acceptors (Lipinski definition) is 6. The monoisotopic (exact) mass is 458 g/mol. The molecular formula is C22H20ClFN4O2S. The molecule has 0 aliphatic carbocycles. The van der Waals surface area contributed by atoms with Crippen molar-refractivity contribution < 1.29 is 13.9 Å². The summed E-state index contributed by atoms with van der Waals surface area (Å²) in [5.41, 5.74) is 1.61. The molecule has 160 valence electrons. The summed E-state index contributed by atoms with van der Waals surface area (Å²) in [6.07, 6.45) is -0.0155. The first-order valence-corrected chi connectivity index (χ1v) is 11.3. The summed E-state index contributed by atoms with van der Waals surface area (Å²) in [5.74, 6) is 0.171. The van der Waals surface area contributed by atoms with Gasteiger partial charge in [0.15, 0.2) is 5.69 Å². The standard InChI is InChI=1S/C22H20ClFN4O2S/c1-3-12-31-22-25-20-19(26-27-22)13-8-5-6-11-16(13)28(17(29)4-2)21(30-20)18-14(23)9-7-10-15(18)24/h5-11,21H,3-4,12H2,1-2H3. The quantitative estimate of drug-likeness (QED) is 0.459. The zero-order chi connectivity index (χ0) is 22.0. The predicted molar refractivity (Wildman–Crippen MR) is 119 cm³/mol. The molecule has 3 aromatic rings. The molecule has 2 aromatic carbocycles. The third-order valence-corrected chi connectivity index (χ3v) is 6.14. The number of carbonyl (C=O) groups is 1. The van der Waals surface area contributed by atoms with Crippen molar-refractivity contribution in [3.63, 3.8) is 0 Å². The van der Waals surface area contributed by atoms with Crippen LogP contribution in [0.25, 0.3) is 11.3 Å². The lowest BCUT2D eigenvalue weighted by Gasteiger charge is -2.31. The van der Waals surface area contributed by atoms with E-state index in [9.17, 15) is 9.18 Å². The molecule has 6 nitrogen and oxygen atoms in total. The minimum absolute atomic E-state index is 0.0648. The molecule has 1 aliphatic heterocycles. The number of anilines is 1. The molecule has 0 radical (unpaired) electrons. The lowest BCUT2D eigenvalue weighted by molar-refractivity contribution is -0.120. The first-order chi connectivity index (χ1) is 15.0. The van der Waals surface area contributed by atoms with Gasteiger partial charge >= 0.3 is 0 Å². The Morgan fingerprint density at radius 1 is 1.19 bits per heavy atom. The Balaban J connectivity index is 1.96. The van der Waals surface area contributed by atoms with E-state index in [-0.39, 0.29) is 28.8 Å². The highest BCUT2D eigenvalue weighted by molar-refractivity contribution is 7.99. The van der Waals surface area contributed by atoms with E-state index in [0.717, 1.165) is 12.2 Å². The van der Waals surface area contributed by atoms with Crippen molar-refractivity contribution in [2.75, 3.05) is 10.7 Å². The van der Waals surface area contributed by atoms with Gasteiger partial charge in [-0.25, -0.2) is 4.39 Å². The van der Waals surface area contributed by atoms with Crippen molar-refractivity contribution in [1.82, 2.24) is 15.2 Å². The van der Waals surface area contributed by atoms with Crippen molar-refractivity contribution >= 4 is 35.0 Å². The Morgan fingerprint density at radius 2 is 2.00 bits per heavy atom. The van der Waals surface area contributed by atoms with Crippen molar-refractivity contribution in [2.45, 2.75) is 38.1 Å². The Morgan fingerprint density at radius 3 is 2.74 bits per heavy atom. The second kappa shape index (κ2) is 9.20. The zero-order valence-electron chi connectivity index (χ0n) is 17.0. The van der Waals surface area contributed by atoms with Crippen LogP contribution in [-0.2, 0) is 4.79 Å². The summed E-state index contributed by atoms with van der Waals surface area (Å²) in [7, 11) is 0. The fraction of sp³-hybridized carbons (Fsp3) is 0.273. The Labute approximate surface area is 188 Å². The van der Waals surface area contributed by atoms with Gasteiger partial charge in [0.1, 0.15) is 5.82 Å². The topological polar surface area (TPSA) is 68.2 Å². The fourth-order valence-corrected chi connectivity index (χ4v) is 4.23. The molecule has 1 unspecified atom stereocenters. The average Bonchev–Trinajstić information content (AvgIpc) is 2.91. The largest absolute Gasteiger partial charge is 0.447 e. The van der Waals surface area contributed by atoms with E-state index < -0.39 is 12.0 Å². The van der Waals surface area contributed by atoms with Crippen molar-refractivity contribution in [3.8, 4) is 17.1 Å². The number of thioether (sulfide) groups is 1. The number of amides is 1. The molecule has 4 rings (SSSR count). The second-order valence-corrected chi connectivity index (χ2v) is 8.31. The molecule has 1 atom stereocenters. The molecule has 1 aliphatic rings. The van der Waals surface area contributed by atoms with Gasteiger partial charge in [0.2, 0.25) is 23.2 Å². The van der Waals surface area contributed by atoms with Crippen LogP contribution in [-0.4, -0.2) is 26.8 Å². The lowest BCUT2D eigenvalue weighted by Crippen LogP contribution is -2.38. The Hall–Kier alpha value is -2.71. The zero-order valence-corrected chi connectivity index (χ0v) is 18.6. The second-order valence-electron chi connectivity index (χ2n) is 6.84. The van der Waals surface area contributed by atoms with Crippen LogP contribution in [0.4, 0.5) is 10.1 Å². The maximum Gasteiger partial charge on any atom is 0.247 e. The maximum absolute atomic E-state index is 15.0. The number of aromatic nitrogens is 3. The van der Waals surface area contributed by atoms with Crippen molar-refractivity contribution in [2.24, 2.45) is 0 Å². The van der Waals surface area contributed by atoms with Crippen LogP contribution >= 0.6 is 23.4 Å². The highest BCUT2D eigenvalue weighted by atomic mass is 35.5. The summed E-state index contributed by atoms with van der Waals surface area (Å²) in [4.78, 5) is 19.0. The molecule has 0 N–H and O–H groups in total. The minimum Gasteiger partial charge on any atom is -0.447 e. The molecule has 31 heavy (non-hydrogen) atoms. The van der Waals surface area contributed by atoms with Gasteiger partial charge in [-0.3, -0.25) is 9.69 Å². The average molecular weight is 459 g/mol. The SMILES string of the molecule is CCCSc1nnc2c(n1)OC(c1c(F)cccc1Cl)N(C(=O)CC)c1ccccc1-2. The molecule has 0 spiro atoms. The van der Waals surface area contributed by atoms with Crippen LogP contribution in [0.2, 0.25) is 5.02 Å². The molecule has 0 saturated heterocycles. The number of nitrogens with zero attached hydrogens (tertiary/aromatic N) is 4. The molecule has 0 fully saturated rings. The number of rotatable bonds is 5. The number of para-hydroxylation sites is 1. The number of carbonyl (C=O) groups excluding carboxylic acids is 1. The van der Waals surface area contributed by atoms with Gasteiger partial charge in [-0.1, -0.05) is 61.5 Å². The Bertz CT molecular complexity index is 1110. The normalized spacial score (nSPS) is 15.0. The van der Waals surface area contributed by atoms with Crippen LogP contribution in [0, 0.1) is 5.82 Å². The van der Waals surface area contributed by atoms with E-state index in [1.807, 2.05) is 12.1 Å². The molecule has 0 saturated carbocycles. The van der Waals surface area contributed by atoms with Crippen molar-refractivity contribution in [3.05, 3.63) is 58.9 Å². The first-order valence-electron chi connectivity index (χ1n) is 9.94. The van der Waals surface area contributed by atoms with Crippen LogP contribution in [0.3, 0.4) is 0 Å². The molecule has 9 heteroatoms. The van der Waals surface area contributed by atoms with E-state index in [1.165, 1.54) is 28.8 Å². The molecule has 2 heterocycles. The smallest absolute Gasteiger partial charge is 0.247 e. The fourth-order valence-electron chi connectivity index (χ4n) is 3.34. The van der Waals surface area contributed by atoms with Gasteiger partial charge in [-0.05, 0) is 24.6 Å². The van der Waals surface area contributed by atoms with Gasteiger partial charge in [0.05, 0.1) is 16.3 Å². The van der Waals surface area contributed by atoms with E-state index in [4.69, 9.17) is 16.3 Å². The third-order valence-electron chi connectivity index (χ3n) is 4.76. The van der Waals surface area contributed by atoms with E-state index >= 15 is 0 Å². The van der Waals surface area contributed by atoms with Gasteiger partial charge in [0, 0.05) is 17.7 Å². The van der Waals surface area contributed by atoms with E-state index in [1.54, 1.807) is 25.1 Å². The molecule has 1 aromatic heterocycles. The molecule has 0 bridgehead atoms. The Kier molecular flexibility index (Phi) is 6.38. The number of fused-ring (bicyclic) bond motifs is 3. The summed E-state index contributed by atoms with van der Waals surface area (Å²) in [5, 5.41) is 9.16. The van der Waals surface area contributed by atoms with Gasteiger partial charge in [-0.15, -0.1) is 10.2 Å². The van der Waals surface area contributed by atoms with Crippen LogP contribution in [0.5, 0.6) is 5.88 Å². The summed E-state index contributed by atoms with van der Waals surface area (Å²) < 4.78 is 21.1. The highest BCUT2D eigenvalue weighted by Crippen LogP contribution is 2.45. The van der Waals surface area contributed by atoms with Crippen LogP contribution in [0.1, 0.15) is 38.5 Å². The summed E-state index contributed by atoms with van der Waals surface area (Å²) in [6, 6.07) is 11.6. The third kappa shape index (κ3) is 4.09. The summed E-state index contributed by atoms with van der Waals surface area (Å²) in [6.45, 7) is 3.79. The molecule has 1 amide bonds.